The second kappa shape index (κ2) is 9.90. The molecule has 0 unspecified atom stereocenters. The standard InChI is InChI=1S/C15H23N3O3/c1-3-17-15(20)13-6-4-5-12(9-13)10-18-14(19)11-16-7-8-21-2/h4-6,9,16H,3,7-8,10-11H2,1-2H3,(H,17,20)(H,18,19). The quantitative estimate of drug-likeness (QED) is 0.572. The molecule has 0 bridgehead atoms. The van der Waals surface area contributed by atoms with Crippen LogP contribution in [0.15, 0.2) is 24.3 Å². The second-order valence-electron chi connectivity index (χ2n) is 4.51. The van der Waals surface area contributed by atoms with Gasteiger partial charge in [-0.1, -0.05) is 12.1 Å². The van der Waals surface area contributed by atoms with Gasteiger partial charge >= 0.3 is 0 Å². The van der Waals surface area contributed by atoms with Crippen molar-refractivity contribution < 1.29 is 14.3 Å². The monoisotopic (exact) mass is 293 g/mol. The maximum Gasteiger partial charge on any atom is 0.251 e. The summed E-state index contributed by atoms with van der Waals surface area (Å²) in [6.07, 6.45) is 0. The molecule has 0 aliphatic heterocycles. The van der Waals surface area contributed by atoms with Crippen molar-refractivity contribution in [2.45, 2.75) is 13.5 Å². The molecular formula is C15H23N3O3. The molecule has 0 fully saturated rings. The number of hydrogen-bond donors (Lipinski definition) is 3. The molecule has 0 spiro atoms. The maximum atomic E-state index is 11.7. The van der Waals surface area contributed by atoms with Gasteiger partial charge in [-0.2, -0.15) is 0 Å². The van der Waals surface area contributed by atoms with Gasteiger partial charge in [-0.25, -0.2) is 0 Å². The Balaban J connectivity index is 2.39. The highest BCUT2D eigenvalue weighted by atomic mass is 16.5. The summed E-state index contributed by atoms with van der Waals surface area (Å²) in [5, 5.41) is 8.51. The predicted octanol–water partition coefficient (Wildman–Crippen LogP) is 0.289. The highest BCUT2D eigenvalue weighted by Gasteiger charge is 2.05. The van der Waals surface area contributed by atoms with Crippen LogP contribution in [0.1, 0.15) is 22.8 Å². The van der Waals surface area contributed by atoms with Crippen molar-refractivity contribution in [1.82, 2.24) is 16.0 Å². The van der Waals surface area contributed by atoms with Gasteiger partial charge in [-0.15, -0.1) is 0 Å². The van der Waals surface area contributed by atoms with E-state index in [1.807, 2.05) is 19.1 Å². The first-order chi connectivity index (χ1) is 10.2. The van der Waals surface area contributed by atoms with Gasteiger partial charge in [0.2, 0.25) is 5.91 Å². The normalized spacial score (nSPS) is 10.2. The molecule has 21 heavy (non-hydrogen) atoms. The molecule has 1 aromatic rings. The fourth-order valence-corrected chi connectivity index (χ4v) is 1.72. The lowest BCUT2D eigenvalue weighted by Gasteiger charge is -2.08. The SMILES string of the molecule is CCNC(=O)c1cccc(CNC(=O)CNCCOC)c1. The molecule has 1 rings (SSSR count). The number of ether oxygens (including phenoxy) is 1. The van der Waals surface area contributed by atoms with Gasteiger partial charge in [0.1, 0.15) is 0 Å². The number of hydrogen-bond acceptors (Lipinski definition) is 4. The van der Waals surface area contributed by atoms with E-state index < -0.39 is 0 Å². The number of nitrogens with one attached hydrogen (secondary N) is 3. The molecule has 0 aliphatic carbocycles. The van der Waals surface area contributed by atoms with Gasteiger partial charge < -0.3 is 20.7 Å². The minimum absolute atomic E-state index is 0.0884. The Hall–Kier alpha value is -1.92. The van der Waals surface area contributed by atoms with Crippen LogP contribution in [0.5, 0.6) is 0 Å². The second-order valence-corrected chi connectivity index (χ2v) is 4.51. The summed E-state index contributed by atoms with van der Waals surface area (Å²) in [6, 6.07) is 7.22. The van der Waals surface area contributed by atoms with E-state index in [1.54, 1.807) is 19.2 Å². The number of methoxy groups -OCH3 is 1. The third-order valence-electron chi connectivity index (χ3n) is 2.78. The van der Waals surface area contributed by atoms with Crippen molar-refractivity contribution in [2.75, 3.05) is 33.4 Å². The minimum Gasteiger partial charge on any atom is -0.383 e. The molecule has 0 atom stereocenters. The van der Waals surface area contributed by atoms with E-state index in [1.165, 1.54) is 0 Å². The van der Waals surface area contributed by atoms with E-state index >= 15 is 0 Å². The first kappa shape index (κ1) is 17.1. The summed E-state index contributed by atoms with van der Waals surface area (Å²) < 4.78 is 4.88. The Bertz CT molecular complexity index is 463. The number of amides is 2. The molecule has 0 radical (unpaired) electrons. The molecule has 0 aliphatic rings. The van der Waals surface area contributed by atoms with Gasteiger partial charge in [0.25, 0.3) is 5.91 Å². The zero-order chi connectivity index (χ0) is 15.5. The molecule has 2 amide bonds. The average molecular weight is 293 g/mol. The summed E-state index contributed by atoms with van der Waals surface area (Å²) in [4.78, 5) is 23.3. The van der Waals surface area contributed by atoms with Crippen LogP contribution in [0.4, 0.5) is 0 Å². The fraction of sp³-hybridized carbons (Fsp3) is 0.467. The average Bonchev–Trinajstić information content (AvgIpc) is 2.50. The van der Waals surface area contributed by atoms with Crippen LogP contribution in [0.25, 0.3) is 0 Å². The van der Waals surface area contributed by atoms with Crippen molar-refractivity contribution in [1.29, 1.82) is 0 Å². The van der Waals surface area contributed by atoms with Crippen LogP contribution in [0.3, 0.4) is 0 Å². The molecule has 0 saturated carbocycles. The number of rotatable bonds is 9. The summed E-state index contributed by atoms with van der Waals surface area (Å²) in [7, 11) is 1.61. The highest BCUT2D eigenvalue weighted by molar-refractivity contribution is 5.94. The molecule has 0 aromatic heterocycles. The Morgan fingerprint density at radius 2 is 2.05 bits per heavy atom. The molecule has 0 saturated heterocycles. The van der Waals surface area contributed by atoms with E-state index in [2.05, 4.69) is 16.0 Å². The lowest BCUT2D eigenvalue weighted by Crippen LogP contribution is -2.34. The summed E-state index contributed by atoms with van der Waals surface area (Å²) in [5.74, 6) is -0.193. The molecule has 3 N–H and O–H groups in total. The zero-order valence-corrected chi connectivity index (χ0v) is 12.6. The fourth-order valence-electron chi connectivity index (χ4n) is 1.72. The van der Waals surface area contributed by atoms with E-state index in [-0.39, 0.29) is 18.4 Å². The largest absolute Gasteiger partial charge is 0.383 e. The Kier molecular flexibility index (Phi) is 8.08. The van der Waals surface area contributed by atoms with Crippen LogP contribution in [0, 0.1) is 0 Å². The van der Waals surface area contributed by atoms with Crippen molar-refractivity contribution in [2.24, 2.45) is 0 Å². The molecule has 6 nitrogen and oxygen atoms in total. The topological polar surface area (TPSA) is 79.5 Å². The van der Waals surface area contributed by atoms with E-state index in [4.69, 9.17) is 4.74 Å². The lowest BCUT2D eigenvalue weighted by atomic mass is 10.1. The van der Waals surface area contributed by atoms with Gasteiger partial charge in [-0.3, -0.25) is 9.59 Å². The molecule has 116 valence electrons. The third-order valence-corrected chi connectivity index (χ3v) is 2.78. The van der Waals surface area contributed by atoms with E-state index in [0.29, 0.717) is 31.8 Å². The molecule has 0 heterocycles. The molecule has 6 heteroatoms. The van der Waals surface area contributed by atoms with Crippen molar-refractivity contribution in [3.63, 3.8) is 0 Å². The van der Waals surface area contributed by atoms with Crippen molar-refractivity contribution >= 4 is 11.8 Å². The highest BCUT2D eigenvalue weighted by Crippen LogP contribution is 2.05. The summed E-state index contributed by atoms with van der Waals surface area (Å²) >= 11 is 0. The smallest absolute Gasteiger partial charge is 0.251 e. The Morgan fingerprint density at radius 3 is 2.76 bits per heavy atom. The Labute approximate surface area is 125 Å². The molecular weight excluding hydrogens is 270 g/mol. The van der Waals surface area contributed by atoms with Gasteiger partial charge in [0.15, 0.2) is 0 Å². The first-order valence-electron chi connectivity index (χ1n) is 7.00. The van der Waals surface area contributed by atoms with E-state index in [9.17, 15) is 9.59 Å². The Morgan fingerprint density at radius 1 is 1.24 bits per heavy atom. The lowest BCUT2D eigenvalue weighted by molar-refractivity contribution is -0.120. The van der Waals surface area contributed by atoms with Crippen LogP contribution >= 0.6 is 0 Å². The minimum atomic E-state index is -0.105. The van der Waals surface area contributed by atoms with Gasteiger partial charge in [-0.05, 0) is 24.6 Å². The van der Waals surface area contributed by atoms with Gasteiger partial charge in [0, 0.05) is 32.3 Å². The molecule has 1 aromatic carbocycles. The number of carbonyl (C=O) groups excluding carboxylic acids is 2. The van der Waals surface area contributed by atoms with Crippen LogP contribution in [0.2, 0.25) is 0 Å². The maximum absolute atomic E-state index is 11.7. The van der Waals surface area contributed by atoms with Gasteiger partial charge in [0.05, 0.1) is 13.2 Å². The predicted molar refractivity (Wildman–Crippen MR) is 81.0 cm³/mol. The van der Waals surface area contributed by atoms with E-state index in [0.717, 1.165) is 5.56 Å². The summed E-state index contributed by atoms with van der Waals surface area (Å²) in [5.41, 5.74) is 1.49. The first-order valence-corrected chi connectivity index (χ1v) is 7.00. The summed E-state index contributed by atoms with van der Waals surface area (Å²) in [6.45, 7) is 4.32. The van der Waals surface area contributed by atoms with Crippen molar-refractivity contribution in [3.8, 4) is 0 Å². The van der Waals surface area contributed by atoms with Crippen LogP contribution in [-0.4, -0.2) is 45.2 Å². The van der Waals surface area contributed by atoms with Crippen molar-refractivity contribution in [3.05, 3.63) is 35.4 Å². The van der Waals surface area contributed by atoms with Crippen LogP contribution in [-0.2, 0) is 16.1 Å². The number of carbonyl (C=O) groups is 2. The van der Waals surface area contributed by atoms with Crippen LogP contribution < -0.4 is 16.0 Å². The third kappa shape index (κ3) is 6.87. The zero-order valence-electron chi connectivity index (χ0n) is 12.6. The number of benzene rings is 1.